The lowest BCUT2D eigenvalue weighted by molar-refractivity contribution is -0.388. The molecular weight excluding hydrogens is 242 g/mol. The first-order chi connectivity index (χ1) is 8.18. The molecule has 0 aliphatic carbocycles. The minimum absolute atomic E-state index is 0.147. The minimum Gasteiger partial charge on any atom is -0.364 e. The van der Waals surface area contributed by atoms with E-state index in [9.17, 15) is 10.1 Å². The molecule has 0 unspecified atom stereocenters. The summed E-state index contributed by atoms with van der Waals surface area (Å²) in [6.45, 7) is 0.591. The smallest absolute Gasteiger partial charge is 0.364 e. The van der Waals surface area contributed by atoms with Crippen molar-refractivity contribution in [2.45, 2.75) is 6.42 Å². The van der Waals surface area contributed by atoms with Crippen LogP contribution in [0.5, 0.6) is 0 Å². The van der Waals surface area contributed by atoms with Gasteiger partial charge in [-0.05, 0) is 9.91 Å². The van der Waals surface area contributed by atoms with Gasteiger partial charge in [0.2, 0.25) is 12.1 Å². The van der Waals surface area contributed by atoms with Crippen molar-refractivity contribution in [3.05, 3.63) is 33.0 Å². The van der Waals surface area contributed by atoms with Crippen molar-refractivity contribution in [1.29, 1.82) is 0 Å². The molecule has 7 nitrogen and oxygen atoms in total. The van der Waals surface area contributed by atoms with Gasteiger partial charge < -0.3 is 15.4 Å². The fourth-order valence-electron chi connectivity index (χ4n) is 1.42. The van der Waals surface area contributed by atoms with E-state index in [0.29, 0.717) is 12.4 Å². The molecule has 0 radical (unpaired) electrons. The molecule has 17 heavy (non-hydrogen) atoms. The first kappa shape index (κ1) is 11.5. The van der Waals surface area contributed by atoms with Crippen LogP contribution in [0, 0.1) is 10.1 Å². The molecule has 0 saturated carbocycles. The third-order valence-electron chi connectivity index (χ3n) is 2.21. The van der Waals surface area contributed by atoms with E-state index in [2.05, 4.69) is 15.3 Å². The Morgan fingerprint density at radius 1 is 1.59 bits per heavy atom. The Bertz CT molecular complexity index is 507. The van der Waals surface area contributed by atoms with E-state index in [1.165, 1.54) is 6.33 Å². The van der Waals surface area contributed by atoms with Crippen molar-refractivity contribution in [3.8, 4) is 0 Å². The second-order valence-corrected chi connectivity index (χ2v) is 4.37. The molecule has 0 amide bonds. The maximum absolute atomic E-state index is 10.7. The highest BCUT2D eigenvalue weighted by molar-refractivity contribution is 7.09. The maximum atomic E-state index is 10.7. The van der Waals surface area contributed by atoms with Gasteiger partial charge in [-0.3, -0.25) is 4.57 Å². The summed E-state index contributed by atoms with van der Waals surface area (Å²) in [6.07, 6.45) is 3.90. The van der Waals surface area contributed by atoms with Crippen LogP contribution in [-0.4, -0.2) is 26.0 Å². The normalized spacial score (nSPS) is 10.4. The van der Waals surface area contributed by atoms with E-state index in [4.69, 9.17) is 0 Å². The van der Waals surface area contributed by atoms with E-state index in [0.717, 1.165) is 11.4 Å². The quantitative estimate of drug-likeness (QED) is 0.643. The first-order valence-electron chi connectivity index (χ1n) is 4.96. The predicted molar refractivity (Wildman–Crippen MR) is 64.2 cm³/mol. The van der Waals surface area contributed by atoms with Gasteiger partial charge >= 0.3 is 5.82 Å². The van der Waals surface area contributed by atoms with Crippen LogP contribution in [0.4, 0.5) is 11.6 Å². The molecule has 0 aliphatic rings. The topological polar surface area (TPSA) is 85.9 Å². The molecule has 2 heterocycles. The maximum Gasteiger partial charge on any atom is 0.406 e. The summed E-state index contributed by atoms with van der Waals surface area (Å²) < 4.78 is 1.60. The molecule has 1 N–H and O–H groups in total. The van der Waals surface area contributed by atoms with Crippen LogP contribution in [0.1, 0.15) is 5.01 Å². The summed E-state index contributed by atoms with van der Waals surface area (Å²) >= 11 is 1.57. The summed E-state index contributed by atoms with van der Waals surface area (Å²) in [4.78, 5) is 18.1. The summed E-state index contributed by atoms with van der Waals surface area (Å²) in [5, 5.41) is 16.6. The number of thiazole rings is 1. The van der Waals surface area contributed by atoms with Gasteiger partial charge in [-0.15, -0.1) is 11.3 Å². The Balaban J connectivity index is 1.99. The minimum atomic E-state index is -0.494. The molecule has 0 aromatic carbocycles. The lowest BCUT2D eigenvalue weighted by atomic mass is 10.4. The number of nitro groups is 1. The highest BCUT2D eigenvalue weighted by Crippen LogP contribution is 2.20. The molecular formula is C9H11N5O2S. The van der Waals surface area contributed by atoms with Gasteiger partial charge in [0.25, 0.3) is 0 Å². The lowest BCUT2D eigenvalue weighted by Crippen LogP contribution is -2.09. The van der Waals surface area contributed by atoms with Gasteiger partial charge in [-0.2, -0.15) is 0 Å². The molecule has 0 fully saturated rings. The fraction of sp³-hybridized carbons (Fsp3) is 0.333. The van der Waals surface area contributed by atoms with Gasteiger partial charge in [-0.25, -0.2) is 4.98 Å². The summed E-state index contributed by atoms with van der Waals surface area (Å²) in [6, 6.07) is 0. The highest BCUT2D eigenvalue weighted by atomic mass is 32.1. The van der Waals surface area contributed by atoms with Crippen molar-refractivity contribution >= 4 is 23.0 Å². The molecule has 8 heteroatoms. The Kier molecular flexibility index (Phi) is 3.33. The summed E-state index contributed by atoms with van der Waals surface area (Å²) in [5.74, 6) is 0.276. The molecule has 0 aliphatic heterocycles. The van der Waals surface area contributed by atoms with Crippen LogP contribution in [0.2, 0.25) is 0 Å². The number of hydrogen-bond acceptors (Lipinski definition) is 6. The Hall–Kier alpha value is -1.96. The SMILES string of the molecule is Cn1cnc([N+](=O)[O-])c1NCCc1nccs1. The van der Waals surface area contributed by atoms with Crippen molar-refractivity contribution < 1.29 is 4.92 Å². The third kappa shape index (κ3) is 2.59. The second-order valence-electron chi connectivity index (χ2n) is 3.39. The molecule has 0 atom stereocenters. The van der Waals surface area contributed by atoms with Crippen molar-refractivity contribution in [2.24, 2.45) is 7.05 Å². The van der Waals surface area contributed by atoms with Crippen molar-refractivity contribution in [2.75, 3.05) is 11.9 Å². The monoisotopic (exact) mass is 253 g/mol. The molecule has 0 saturated heterocycles. The largest absolute Gasteiger partial charge is 0.406 e. The Labute approximate surface area is 101 Å². The van der Waals surface area contributed by atoms with Crippen LogP contribution in [0.3, 0.4) is 0 Å². The molecule has 2 aromatic rings. The Morgan fingerprint density at radius 2 is 2.41 bits per heavy atom. The molecule has 0 bridgehead atoms. The first-order valence-corrected chi connectivity index (χ1v) is 5.84. The van der Waals surface area contributed by atoms with Crippen LogP contribution in [0.25, 0.3) is 0 Å². The number of rotatable bonds is 5. The summed E-state index contributed by atoms with van der Waals surface area (Å²) in [7, 11) is 1.71. The second kappa shape index (κ2) is 4.91. The van der Waals surface area contributed by atoms with Gasteiger partial charge in [0.15, 0.2) is 0 Å². The number of imidazole rings is 1. The van der Waals surface area contributed by atoms with Crippen LogP contribution in [0.15, 0.2) is 17.9 Å². The molecule has 90 valence electrons. The fourth-order valence-corrected chi connectivity index (χ4v) is 2.04. The van der Waals surface area contributed by atoms with E-state index in [-0.39, 0.29) is 5.82 Å². The van der Waals surface area contributed by atoms with Crippen LogP contribution in [-0.2, 0) is 13.5 Å². The van der Waals surface area contributed by atoms with Crippen molar-refractivity contribution in [1.82, 2.24) is 14.5 Å². The Morgan fingerprint density at radius 3 is 3.06 bits per heavy atom. The lowest BCUT2D eigenvalue weighted by Gasteiger charge is -2.04. The van der Waals surface area contributed by atoms with E-state index >= 15 is 0 Å². The number of aromatic nitrogens is 3. The van der Waals surface area contributed by atoms with Gasteiger partial charge in [-0.1, -0.05) is 0 Å². The number of aryl methyl sites for hydroxylation is 1. The van der Waals surface area contributed by atoms with Gasteiger partial charge in [0.05, 0.1) is 5.01 Å². The standard InChI is InChI=1S/C9H11N5O2S/c1-13-6-12-9(14(15)16)8(13)11-3-2-7-10-4-5-17-7/h4-6,11H,2-3H2,1H3. The van der Waals surface area contributed by atoms with E-state index < -0.39 is 4.92 Å². The van der Waals surface area contributed by atoms with E-state index in [1.54, 1.807) is 29.1 Å². The molecule has 0 spiro atoms. The van der Waals surface area contributed by atoms with Gasteiger partial charge in [0.1, 0.15) is 0 Å². The molecule has 2 aromatic heterocycles. The van der Waals surface area contributed by atoms with Crippen LogP contribution < -0.4 is 5.32 Å². The highest BCUT2D eigenvalue weighted by Gasteiger charge is 2.19. The van der Waals surface area contributed by atoms with Crippen LogP contribution >= 0.6 is 11.3 Å². The number of hydrogen-bond donors (Lipinski definition) is 1. The third-order valence-corrected chi connectivity index (χ3v) is 3.04. The average Bonchev–Trinajstić information content (AvgIpc) is 2.89. The van der Waals surface area contributed by atoms with Crippen molar-refractivity contribution in [3.63, 3.8) is 0 Å². The zero-order chi connectivity index (χ0) is 12.3. The summed E-state index contributed by atoms with van der Waals surface area (Å²) in [5.41, 5.74) is 0. The zero-order valence-electron chi connectivity index (χ0n) is 9.16. The van der Waals surface area contributed by atoms with Gasteiger partial charge in [0, 0.05) is 31.6 Å². The number of anilines is 1. The average molecular weight is 253 g/mol. The zero-order valence-corrected chi connectivity index (χ0v) is 9.98. The molecule has 2 rings (SSSR count). The predicted octanol–water partition coefficient (Wildman–Crippen LogP) is 1.44. The van der Waals surface area contributed by atoms with E-state index in [1.807, 2.05) is 5.38 Å². The number of nitrogens with zero attached hydrogens (tertiary/aromatic N) is 4. The number of nitrogens with one attached hydrogen (secondary N) is 1.